The van der Waals surface area contributed by atoms with Crippen LogP contribution in [0.3, 0.4) is 0 Å². The second-order valence-electron chi connectivity index (χ2n) is 5.29. The number of nitrogens with zero attached hydrogens (tertiary/aromatic N) is 3. The van der Waals surface area contributed by atoms with E-state index >= 15 is 0 Å². The van der Waals surface area contributed by atoms with E-state index < -0.39 is 0 Å². The predicted molar refractivity (Wildman–Crippen MR) is 80.5 cm³/mol. The minimum absolute atomic E-state index is 0.123. The summed E-state index contributed by atoms with van der Waals surface area (Å²) in [6, 6.07) is 0.380. The van der Waals surface area contributed by atoms with Crippen molar-refractivity contribution in [3.8, 4) is 0 Å². The van der Waals surface area contributed by atoms with Gasteiger partial charge < -0.3 is 15.7 Å². The van der Waals surface area contributed by atoms with Crippen molar-refractivity contribution in [1.82, 2.24) is 9.78 Å². The minimum Gasteiger partial charge on any atom is -0.395 e. The fourth-order valence-electron chi connectivity index (χ4n) is 2.62. The number of nitrogen functional groups attached to an aromatic ring is 1. The third kappa shape index (κ3) is 3.21. The highest BCUT2D eigenvalue weighted by Crippen LogP contribution is 2.32. The number of rotatable bonds is 7. The van der Waals surface area contributed by atoms with Gasteiger partial charge in [0.25, 0.3) is 0 Å². The molecule has 0 bridgehead atoms. The van der Waals surface area contributed by atoms with Gasteiger partial charge in [0.1, 0.15) is 0 Å². The van der Waals surface area contributed by atoms with E-state index in [1.165, 1.54) is 0 Å². The van der Waals surface area contributed by atoms with Crippen LogP contribution in [0.1, 0.15) is 52.1 Å². The standard InChI is InChI=1S/C14H28N4O/c1-6-11(7-2)18(8-9-19)14-12(15)13(10(3)4)16-17(14)5/h10-11,19H,6-9,15H2,1-5H3. The first-order valence-electron chi connectivity index (χ1n) is 7.17. The maximum Gasteiger partial charge on any atom is 0.150 e. The number of aromatic nitrogens is 2. The van der Waals surface area contributed by atoms with Crippen molar-refractivity contribution in [2.24, 2.45) is 7.05 Å². The Morgan fingerprint density at radius 1 is 1.32 bits per heavy atom. The molecule has 0 aromatic carbocycles. The molecule has 0 atom stereocenters. The number of aryl methyl sites for hydroxylation is 1. The summed E-state index contributed by atoms with van der Waals surface area (Å²) in [6.07, 6.45) is 2.05. The van der Waals surface area contributed by atoms with Crippen LogP contribution in [0.5, 0.6) is 0 Å². The van der Waals surface area contributed by atoms with Gasteiger partial charge in [0.05, 0.1) is 18.0 Å². The van der Waals surface area contributed by atoms with Crippen LogP contribution < -0.4 is 10.6 Å². The highest BCUT2D eigenvalue weighted by Gasteiger charge is 2.24. The van der Waals surface area contributed by atoms with Gasteiger partial charge >= 0.3 is 0 Å². The lowest BCUT2D eigenvalue weighted by atomic mass is 10.1. The van der Waals surface area contributed by atoms with Gasteiger partial charge in [0, 0.05) is 19.6 Å². The van der Waals surface area contributed by atoms with Crippen molar-refractivity contribution < 1.29 is 5.11 Å². The fraction of sp³-hybridized carbons (Fsp3) is 0.786. The normalized spacial score (nSPS) is 11.6. The Labute approximate surface area is 116 Å². The SMILES string of the molecule is CCC(CC)N(CCO)c1c(N)c(C(C)C)nn1C. The van der Waals surface area contributed by atoms with Gasteiger partial charge in [-0.1, -0.05) is 27.7 Å². The van der Waals surface area contributed by atoms with Gasteiger partial charge in [-0.3, -0.25) is 4.68 Å². The van der Waals surface area contributed by atoms with E-state index in [-0.39, 0.29) is 6.61 Å². The zero-order chi connectivity index (χ0) is 14.6. The van der Waals surface area contributed by atoms with Crippen molar-refractivity contribution in [3.63, 3.8) is 0 Å². The Morgan fingerprint density at radius 3 is 2.26 bits per heavy atom. The minimum atomic E-state index is 0.123. The molecule has 5 nitrogen and oxygen atoms in total. The number of anilines is 2. The van der Waals surface area contributed by atoms with Gasteiger partial charge in [-0.2, -0.15) is 5.10 Å². The van der Waals surface area contributed by atoms with Gasteiger partial charge in [-0.15, -0.1) is 0 Å². The molecule has 1 rings (SSSR count). The molecule has 0 radical (unpaired) electrons. The monoisotopic (exact) mass is 268 g/mol. The summed E-state index contributed by atoms with van der Waals surface area (Å²) in [6.45, 7) is 9.22. The Balaban J connectivity index is 3.22. The van der Waals surface area contributed by atoms with E-state index in [1.54, 1.807) is 0 Å². The molecule has 19 heavy (non-hydrogen) atoms. The van der Waals surface area contributed by atoms with Gasteiger partial charge in [-0.25, -0.2) is 0 Å². The van der Waals surface area contributed by atoms with E-state index in [9.17, 15) is 5.11 Å². The molecule has 0 aliphatic heterocycles. The molecule has 0 aliphatic carbocycles. The topological polar surface area (TPSA) is 67.3 Å². The van der Waals surface area contributed by atoms with Crippen molar-refractivity contribution in [2.45, 2.75) is 52.5 Å². The molecule has 0 saturated heterocycles. The average molecular weight is 268 g/mol. The zero-order valence-corrected chi connectivity index (χ0v) is 12.8. The molecule has 0 amide bonds. The summed E-state index contributed by atoms with van der Waals surface area (Å²) in [7, 11) is 1.92. The molecule has 5 heteroatoms. The summed E-state index contributed by atoms with van der Waals surface area (Å²) < 4.78 is 1.85. The Bertz CT molecular complexity index is 396. The summed E-state index contributed by atoms with van der Waals surface area (Å²) in [5.74, 6) is 1.24. The van der Waals surface area contributed by atoms with E-state index in [2.05, 4.69) is 37.7 Å². The zero-order valence-electron chi connectivity index (χ0n) is 12.8. The highest BCUT2D eigenvalue weighted by molar-refractivity contribution is 5.67. The van der Waals surface area contributed by atoms with Crippen LogP contribution in [0.2, 0.25) is 0 Å². The number of nitrogens with two attached hydrogens (primary N) is 1. The maximum atomic E-state index is 9.32. The Morgan fingerprint density at radius 2 is 1.89 bits per heavy atom. The number of hydrogen-bond acceptors (Lipinski definition) is 4. The molecule has 0 aliphatic rings. The summed E-state index contributed by atoms with van der Waals surface area (Å²) in [5.41, 5.74) is 7.96. The number of hydrogen-bond donors (Lipinski definition) is 2. The Hall–Kier alpha value is -1.23. The van der Waals surface area contributed by atoms with E-state index in [0.29, 0.717) is 18.5 Å². The second kappa shape index (κ2) is 6.80. The summed E-state index contributed by atoms with van der Waals surface area (Å²) in [4.78, 5) is 2.19. The first-order valence-corrected chi connectivity index (χ1v) is 7.17. The molecule has 0 fully saturated rings. The first-order chi connectivity index (χ1) is 8.97. The highest BCUT2D eigenvalue weighted by atomic mass is 16.3. The molecule has 0 unspecified atom stereocenters. The molecular formula is C14H28N4O. The van der Waals surface area contributed by atoms with E-state index in [1.807, 2.05) is 11.7 Å². The van der Waals surface area contributed by atoms with Crippen LogP contribution in [0.25, 0.3) is 0 Å². The van der Waals surface area contributed by atoms with Crippen molar-refractivity contribution in [3.05, 3.63) is 5.69 Å². The molecule has 1 heterocycles. The predicted octanol–water partition coefficient (Wildman–Crippen LogP) is 2.11. The van der Waals surface area contributed by atoms with Crippen LogP contribution in [0, 0.1) is 0 Å². The number of aliphatic hydroxyl groups is 1. The number of aliphatic hydroxyl groups excluding tert-OH is 1. The quantitative estimate of drug-likeness (QED) is 0.795. The van der Waals surface area contributed by atoms with Gasteiger partial charge in [0.2, 0.25) is 0 Å². The van der Waals surface area contributed by atoms with Crippen LogP contribution in [0.15, 0.2) is 0 Å². The van der Waals surface area contributed by atoms with E-state index in [0.717, 1.165) is 30.0 Å². The van der Waals surface area contributed by atoms with Crippen LogP contribution in [0.4, 0.5) is 11.5 Å². The average Bonchev–Trinajstić information content (AvgIpc) is 2.65. The lowest BCUT2D eigenvalue weighted by Gasteiger charge is -2.32. The third-order valence-electron chi connectivity index (χ3n) is 3.62. The van der Waals surface area contributed by atoms with Gasteiger partial charge in [0.15, 0.2) is 5.82 Å². The van der Waals surface area contributed by atoms with E-state index in [4.69, 9.17) is 5.73 Å². The van der Waals surface area contributed by atoms with Crippen molar-refractivity contribution in [2.75, 3.05) is 23.8 Å². The molecule has 1 aromatic heterocycles. The lowest BCUT2D eigenvalue weighted by Crippen LogP contribution is -2.38. The summed E-state index contributed by atoms with van der Waals surface area (Å²) >= 11 is 0. The first kappa shape index (κ1) is 15.8. The van der Waals surface area contributed by atoms with Crippen LogP contribution in [-0.4, -0.2) is 34.1 Å². The van der Waals surface area contributed by atoms with Crippen LogP contribution in [-0.2, 0) is 7.05 Å². The van der Waals surface area contributed by atoms with Crippen LogP contribution >= 0.6 is 0 Å². The van der Waals surface area contributed by atoms with Gasteiger partial charge in [-0.05, 0) is 18.8 Å². The molecule has 110 valence electrons. The van der Waals surface area contributed by atoms with Crippen molar-refractivity contribution >= 4 is 11.5 Å². The lowest BCUT2D eigenvalue weighted by molar-refractivity contribution is 0.295. The second-order valence-corrected chi connectivity index (χ2v) is 5.29. The molecular weight excluding hydrogens is 240 g/mol. The molecule has 0 saturated carbocycles. The third-order valence-corrected chi connectivity index (χ3v) is 3.62. The van der Waals surface area contributed by atoms with Crippen molar-refractivity contribution in [1.29, 1.82) is 0 Å². The molecule has 3 N–H and O–H groups in total. The summed E-state index contributed by atoms with van der Waals surface area (Å²) in [5, 5.41) is 13.9. The Kier molecular flexibility index (Phi) is 5.66. The molecule has 1 aromatic rings. The smallest absolute Gasteiger partial charge is 0.150 e. The largest absolute Gasteiger partial charge is 0.395 e. The maximum absolute atomic E-state index is 9.32. The fourth-order valence-corrected chi connectivity index (χ4v) is 2.62. The molecule has 0 spiro atoms.